The number of alkyl halides is 3. The van der Waals surface area contributed by atoms with Crippen LogP contribution in [0, 0.1) is 0 Å². The van der Waals surface area contributed by atoms with Crippen LogP contribution in [-0.4, -0.2) is 84.0 Å². The van der Waals surface area contributed by atoms with Crippen molar-refractivity contribution < 1.29 is 27.6 Å². The molecule has 0 aromatic heterocycles. The van der Waals surface area contributed by atoms with E-state index in [1.807, 2.05) is 47.8 Å². The third-order valence-corrected chi connectivity index (χ3v) is 6.59. The van der Waals surface area contributed by atoms with E-state index < -0.39 is 18.1 Å². The van der Waals surface area contributed by atoms with Gasteiger partial charge in [0.15, 0.2) is 0 Å². The number of halogens is 3. The van der Waals surface area contributed by atoms with Crippen molar-refractivity contribution in [1.29, 1.82) is 0 Å². The maximum Gasteiger partial charge on any atom is 0.471 e. The summed E-state index contributed by atoms with van der Waals surface area (Å²) in [6.07, 6.45) is -4.07. The largest absolute Gasteiger partial charge is 0.471 e. The van der Waals surface area contributed by atoms with Crippen LogP contribution in [0.3, 0.4) is 0 Å². The second kappa shape index (κ2) is 9.97. The Kier molecular flexibility index (Phi) is 7.00. The van der Waals surface area contributed by atoms with Crippen LogP contribution in [-0.2, 0) is 4.79 Å². The number of amides is 4. The minimum atomic E-state index is -4.95. The lowest BCUT2D eigenvalue weighted by Gasteiger charge is -2.27. The number of nitrogens with one attached hydrogen (secondary N) is 1. The van der Waals surface area contributed by atoms with Crippen LogP contribution in [0.2, 0.25) is 0 Å². The van der Waals surface area contributed by atoms with Crippen LogP contribution in [0.4, 0.5) is 18.0 Å². The highest BCUT2D eigenvalue weighted by molar-refractivity contribution is 5.95. The lowest BCUT2D eigenvalue weighted by molar-refractivity contribution is -0.174. The molecule has 2 aromatic carbocycles. The van der Waals surface area contributed by atoms with Gasteiger partial charge in [-0.3, -0.25) is 9.59 Å². The average Bonchev–Trinajstić information content (AvgIpc) is 3.53. The van der Waals surface area contributed by atoms with Crippen molar-refractivity contribution in [3.8, 4) is 11.1 Å². The second-order valence-corrected chi connectivity index (χ2v) is 8.93. The maximum absolute atomic E-state index is 13.0. The first kappa shape index (κ1) is 24.6. The first-order valence-corrected chi connectivity index (χ1v) is 11.5. The van der Waals surface area contributed by atoms with Gasteiger partial charge >= 0.3 is 18.1 Å². The van der Waals surface area contributed by atoms with E-state index >= 15 is 0 Å². The molecule has 2 heterocycles. The fraction of sp³-hybridized carbons (Fsp3) is 0.400. The Morgan fingerprint density at radius 1 is 0.886 bits per heavy atom. The summed E-state index contributed by atoms with van der Waals surface area (Å²) in [7, 11) is 1.71. The molecular weight excluding hydrogens is 461 g/mol. The van der Waals surface area contributed by atoms with Crippen LogP contribution in [0.25, 0.3) is 11.1 Å². The van der Waals surface area contributed by atoms with Crippen LogP contribution >= 0.6 is 0 Å². The zero-order valence-electron chi connectivity index (χ0n) is 19.3. The van der Waals surface area contributed by atoms with Crippen LogP contribution in [0.5, 0.6) is 0 Å². The molecule has 0 aliphatic carbocycles. The third-order valence-electron chi connectivity index (χ3n) is 6.59. The molecule has 0 bridgehead atoms. The van der Waals surface area contributed by atoms with Gasteiger partial charge in [0.2, 0.25) is 0 Å². The molecule has 7 nitrogen and oxygen atoms in total. The van der Waals surface area contributed by atoms with Gasteiger partial charge in [-0.05, 0) is 36.1 Å². The molecule has 2 aliphatic heterocycles. The molecule has 0 saturated carbocycles. The molecule has 2 aromatic rings. The van der Waals surface area contributed by atoms with Gasteiger partial charge in [0.05, 0.1) is 6.04 Å². The number of likely N-dealkylation sites (tertiary alicyclic amines) is 2. The van der Waals surface area contributed by atoms with E-state index in [1.165, 1.54) is 4.90 Å². The van der Waals surface area contributed by atoms with Gasteiger partial charge in [0.25, 0.3) is 5.91 Å². The van der Waals surface area contributed by atoms with Crippen molar-refractivity contribution in [2.75, 3.05) is 33.2 Å². The third kappa shape index (κ3) is 5.58. The van der Waals surface area contributed by atoms with E-state index in [-0.39, 0.29) is 37.5 Å². The van der Waals surface area contributed by atoms with Gasteiger partial charge in [-0.25, -0.2) is 4.79 Å². The molecule has 4 rings (SSSR count). The smallest absolute Gasteiger partial charge is 0.344 e. The van der Waals surface area contributed by atoms with Gasteiger partial charge in [0, 0.05) is 44.8 Å². The summed E-state index contributed by atoms with van der Waals surface area (Å²) in [6, 6.07) is 16.1. The van der Waals surface area contributed by atoms with E-state index in [1.54, 1.807) is 29.0 Å². The van der Waals surface area contributed by atoms with Gasteiger partial charge in [-0.15, -0.1) is 0 Å². The molecular formula is C25H27F3N4O3. The summed E-state index contributed by atoms with van der Waals surface area (Å²) < 4.78 is 37.4. The molecule has 2 fully saturated rings. The van der Waals surface area contributed by atoms with E-state index in [0.717, 1.165) is 11.1 Å². The molecule has 186 valence electrons. The number of hydrogen-bond donors (Lipinski definition) is 1. The number of urea groups is 1. The fourth-order valence-electron chi connectivity index (χ4n) is 4.56. The fourth-order valence-corrected chi connectivity index (χ4v) is 4.56. The molecule has 2 unspecified atom stereocenters. The normalized spacial score (nSPS) is 20.1. The SMILES string of the molecule is CN(C(=O)c1ccc(-c2ccccc2)cc1)C1CCN(C(=O)N2CCC(NC(=O)C(F)(F)F)C2)C1. The Hall–Kier alpha value is -3.56. The Morgan fingerprint density at radius 3 is 2.14 bits per heavy atom. The number of rotatable bonds is 4. The van der Waals surface area contributed by atoms with Crippen molar-refractivity contribution in [1.82, 2.24) is 20.0 Å². The minimum absolute atomic E-state index is 0.0321. The van der Waals surface area contributed by atoms with E-state index in [4.69, 9.17) is 0 Å². The lowest BCUT2D eigenvalue weighted by Crippen LogP contribution is -2.47. The quantitative estimate of drug-likeness (QED) is 0.718. The van der Waals surface area contributed by atoms with Crippen molar-refractivity contribution in [2.24, 2.45) is 0 Å². The molecule has 4 amide bonds. The standard InChI is InChI=1S/C25H27F3N4O3/c1-30(22(33)19-9-7-18(8-10-19)17-5-3-2-4-6-17)21-12-14-32(16-21)24(35)31-13-11-20(15-31)29-23(34)25(26,27)28/h2-10,20-21H,11-16H2,1H3,(H,29,34). The Balaban J connectivity index is 1.30. The zero-order valence-corrected chi connectivity index (χ0v) is 19.3. The van der Waals surface area contributed by atoms with Crippen molar-refractivity contribution in [3.63, 3.8) is 0 Å². The number of carbonyl (C=O) groups is 3. The van der Waals surface area contributed by atoms with Crippen LogP contribution < -0.4 is 5.32 Å². The van der Waals surface area contributed by atoms with Crippen molar-refractivity contribution in [3.05, 3.63) is 60.2 Å². The summed E-state index contributed by atoms with van der Waals surface area (Å²) in [6.45, 7) is 1.10. The maximum atomic E-state index is 13.0. The Labute approximate surface area is 201 Å². The summed E-state index contributed by atoms with van der Waals surface area (Å²) in [5.74, 6) is -2.13. The molecule has 0 spiro atoms. The zero-order chi connectivity index (χ0) is 25.2. The topological polar surface area (TPSA) is 73.0 Å². The predicted molar refractivity (Wildman–Crippen MR) is 124 cm³/mol. The average molecular weight is 489 g/mol. The highest BCUT2D eigenvalue weighted by Gasteiger charge is 2.42. The van der Waals surface area contributed by atoms with Gasteiger partial charge in [-0.1, -0.05) is 42.5 Å². The molecule has 10 heteroatoms. The summed E-state index contributed by atoms with van der Waals surface area (Å²) in [4.78, 5) is 41.7. The summed E-state index contributed by atoms with van der Waals surface area (Å²) >= 11 is 0. The summed E-state index contributed by atoms with van der Waals surface area (Å²) in [5, 5.41) is 1.94. The first-order valence-electron chi connectivity index (χ1n) is 11.5. The first-order chi connectivity index (χ1) is 16.6. The highest BCUT2D eigenvalue weighted by Crippen LogP contribution is 2.23. The Bertz CT molecular complexity index is 1080. The van der Waals surface area contributed by atoms with Gasteiger partial charge < -0.3 is 20.0 Å². The van der Waals surface area contributed by atoms with E-state index in [0.29, 0.717) is 25.1 Å². The monoisotopic (exact) mass is 488 g/mol. The molecule has 35 heavy (non-hydrogen) atoms. The van der Waals surface area contributed by atoms with Gasteiger partial charge in [-0.2, -0.15) is 13.2 Å². The van der Waals surface area contributed by atoms with Crippen LogP contribution in [0.15, 0.2) is 54.6 Å². The number of likely N-dealkylation sites (N-methyl/N-ethyl adjacent to an activating group) is 1. The highest BCUT2D eigenvalue weighted by atomic mass is 19.4. The molecule has 1 N–H and O–H groups in total. The summed E-state index contributed by atoms with van der Waals surface area (Å²) in [5.41, 5.74) is 2.63. The molecule has 2 saturated heterocycles. The number of nitrogens with zero attached hydrogens (tertiary/aromatic N) is 3. The minimum Gasteiger partial charge on any atom is -0.344 e. The molecule has 2 atom stereocenters. The lowest BCUT2D eigenvalue weighted by atomic mass is 10.0. The van der Waals surface area contributed by atoms with Crippen LogP contribution in [0.1, 0.15) is 23.2 Å². The number of hydrogen-bond acceptors (Lipinski definition) is 3. The molecule has 2 aliphatic rings. The number of benzene rings is 2. The van der Waals surface area contributed by atoms with Gasteiger partial charge in [0.1, 0.15) is 0 Å². The number of carbonyl (C=O) groups excluding carboxylic acids is 3. The van der Waals surface area contributed by atoms with Crippen molar-refractivity contribution >= 4 is 17.8 Å². The van der Waals surface area contributed by atoms with Crippen molar-refractivity contribution in [2.45, 2.75) is 31.1 Å². The van der Waals surface area contributed by atoms with E-state index in [9.17, 15) is 27.6 Å². The Morgan fingerprint density at radius 2 is 1.49 bits per heavy atom. The second-order valence-electron chi connectivity index (χ2n) is 8.93. The van der Waals surface area contributed by atoms with E-state index in [2.05, 4.69) is 0 Å². The predicted octanol–water partition coefficient (Wildman–Crippen LogP) is 3.37. The molecule has 0 radical (unpaired) electrons.